The molecule has 250 valence electrons. The second-order valence-electron chi connectivity index (χ2n) is 8.64. The summed E-state index contributed by atoms with van der Waals surface area (Å²) in [6, 6.07) is 0. The van der Waals surface area contributed by atoms with Gasteiger partial charge in [-0.3, -0.25) is 0 Å². The Bertz CT molecular complexity index is 1290. The monoisotopic (exact) mass is 734 g/mol. The van der Waals surface area contributed by atoms with Crippen molar-refractivity contribution in [3.8, 4) is 11.5 Å². The molecule has 0 aliphatic carbocycles. The predicted octanol–water partition coefficient (Wildman–Crippen LogP) is 4.24. The van der Waals surface area contributed by atoms with Gasteiger partial charge in [-0.25, -0.2) is 19.2 Å². The maximum atomic E-state index is 12.4. The highest BCUT2D eigenvalue weighted by atomic mass is 32.2. The Morgan fingerprint density at radius 2 is 0.783 bits per heavy atom. The Kier molecular flexibility index (Phi) is 14.3. The van der Waals surface area contributed by atoms with E-state index in [1.807, 2.05) is 0 Å². The van der Waals surface area contributed by atoms with Gasteiger partial charge in [-0.2, -0.15) is 0 Å². The van der Waals surface area contributed by atoms with E-state index < -0.39 is 23.9 Å². The zero-order valence-electron chi connectivity index (χ0n) is 25.2. The van der Waals surface area contributed by atoms with Gasteiger partial charge in [0.05, 0.1) is 86.3 Å². The van der Waals surface area contributed by atoms with Gasteiger partial charge in [0.2, 0.25) is 0 Å². The molecule has 4 heterocycles. The van der Waals surface area contributed by atoms with E-state index in [1.165, 1.54) is 39.8 Å². The molecule has 0 saturated heterocycles. The van der Waals surface area contributed by atoms with Gasteiger partial charge in [-0.1, -0.05) is 47.0 Å². The summed E-state index contributed by atoms with van der Waals surface area (Å²) in [5, 5.41) is 0. The third-order valence-corrected chi connectivity index (χ3v) is 11.7. The predicted molar refractivity (Wildman–Crippen MR) is 176 cm³/mol. The van der Waals surface area contributed by atoms with Crippen LogP contribution in [0.3, 0.4) is 0 Å². The van der Waals surface area contributed by atoms with Crippen molar-refractivity contribution in [1.82, 2.24) is 0 Å². The minimum absolute atomic E-state index is 0.109. The number of methoxy groups -OCH3 is 4. The van der Waals surface area contributed by atoms with E-state index in [0.717, 1.165) is 47.0 Å². The Morgan fingerprint density at radius 3 is 1.07 bits per heavy atom. The molecule has 0 fully saturated rings. The number of thiophene rings is 1. The third kappa shape index (κ3) is 9.27. The van der Waals surface area contributed by atoms with Gasteiger partial charge in [-0.05, 0) is 12.2 Å². The first-order valence-corrected chi connectivity index (χ1v) is 17.5. The summed E-state index contributed by atoms with van der Waals surface area (Å²) in [5.74, 6) is -1.86. The highest BCUT2D eigenvalue weighted by Gasteiger charge is 2.35. The van der Waals surface area contributed by atoms with Gasteiger partial charge >= 0.3 is 23.9 Å². The van der Waals surface area contributed by atoms with Crippen LogP contribution in [0.5, 0.6) is 11.5 Å². The molecular formula is C28H30O13S5. The maximum absolute atomic E-state index is 12.4. The number of carbonyl (C=O) groups is 4. The molecule has 0 unspecified atom stereocenters. The van der Waals surface area contributed by atoms with E-state index in [2.05, 4.69) is 0 Å². The lowest BCUT2D eigenvalue weighted by Crippen LogP contribution is -2.13. The minimum Gasteiger partial charge on any atom is -0.486 e. The van der Waals surface area contributed by atoms with E-state index in [4.69, 9.17) is 42.6 Å². The lowest BCUT2D eigenvalue weighted by molar-refractivity contribution is -0.138. The largest absolute Gasteiger partial charge is 0.486 e. The molecule has 3 aliphatic heterocycles. The fraction of sp³-hybridized carbons (Fsp3) is 0.429. The zero-order valence-corrected chi connectivity index (χ0v) is 29.2. The molecule has 46 heavy (non-hydrogen) atoms. The van der Waals surface area contributed by atoms with Crippen molar-refractivity contribution in [3.63, 3.8) is 0 Å². The summed E-state index contributed by atoms with van der Waals surface area (Å²) in [4.78, 5) is 51.5. The summed E-state index contributed by atoms with van der Waals surface area (Å²) in [5.41, 5.74) is 0. The number of ether oxygens (including phenoxy) is 9. The molecule has 0 amide bonds. The minimum atomic E-state index is -0.664. The Balaban J connectivity index is 1.74. The molecular weight excluding hydrogens is 705 g/mol. The molecule has 0 bridgehead atoms. The van der Waals surface area contributed by atoms with Crippen LogP contribution in [0.15, 0.2) is 28.1 Å². The van der Waals surface area contributed by atoms with E-state index >= 15 is 0 Å². The molecule has 3 aliphatic rings. The molecule has 13 nitrogen and oxygen atoms in total. The van der Waals surface area contributed by atoms with E-state index in [0.29, 0.717) is 56.2 Å². The van der Waals surface area contributed by atoms with Crippen LogP contribution in [-0.4, -0.2) is 105 Å². The fourth-order valence-electron chi connectivity index (χ4n) is 3.72. The first-order chi connectivity index (χ1) is 22.3. The molecule has 0 spiro atoms. The van der Waals surface area contributed by atoms with Gasteiger partial charge in [0.15, 0.2) is 11.5 Å². The molecule has 4 rings (SSSR count). The summed E-state index contributed by atoms with van der Waals surface area (Å²) in [7, 11) is 4.93. The average molecular weight is 735 g/mol. The topological polar surface area (TPSA) is 151 Å². The third-order valence-electron chi connectivity index (χ3n) is 5.77. The highest BCUT2D eigenvalue weighted by molar-refractivity contribution is 8.30. The highest BCUT2D eigenvalue weighted by Crippen LogP contribution is 2.55. The number of hydrogen-bond donors (Lipinski definition) is 0. The quantitative estimate of drug-likeness (QED) is 0.302. The Hall–Kier alpha value is -2.58. The number of carbonyl (C=O) groups excluding carboxylic acids is 4. The van der Waals surface area contributed by atoms with Gasteiger partial charge in [0, 0.05) is 0 Å². The Labute approximate surface area is 285 Å². The standard InChI is InChI=1S/C28H30O13S5/c1-33-25(29)21-22(26(30)34-2)44-17(43-21)13-15-19-20(41-12-10-39-8-6-37-5-7-38-9-11-40-19)16(42-15)14-18-45-23(27(31)35-3)24(46-18)28(32)36-4/h13-14H,5-12H2,1-4H3. The van der Waals surface area contributed by atoms with Gasteiger partial charge in [0.1, 0.15) is 32.8 Å². The fourth-order valence-corrected chi connectivity index (χ4v) is 9.81. The summed E-state index contributed by atoms with van der Waals surface area (Å²) >= 11 is 5.59. The molecule has 0 radical (unpaired) electrons. The van der Waals surface area contributed by atoms with E-state index in [-0.39, 0.29) is 46.0 Å². The number of hydrogen-bond acceptors (Lipinski definition) is 18. The van der Waals surface area contributed by atoms with Crippen LogP contribution in [0.25, 0.3) is 12.2 Å². The first kappa shape index (κ1) is 36.3. The summed E-state index contributed by atoms with van der Waals surface area (Å²) < 4.78 is 49.9. The van der Waals surface area contributed by atoms with Gasteiger partial charge in [0.25, 0.3) is 0 Å². The number of fused-ring (bicyclic) bond motifs is 1. The van der Waals surface area contributed by atoms with Crippen LogP contribution in [-0.2, 0) is 52.3 Å². The second kappa shape index (κ2) is 18.1. The number of esters is 4. The second-order valence-corrected chi connectivity index (χ2v) is 14.5. The van der Waals surface area contributed by atoms with E-state index in [1.54, 1.807) is 12.2 Å². The van der Waals surface area contributed by atoms with Crippen molar-refractivity contribution >= 4 is 94.4 Å². The van der Waals surface area contributed by atoms with Crippen LogP contribution in [0.1, 0.15) is 9.75 Å². The first-order valence-electron chi connectivity index (χ1n) is 13.4. The van der Waals surface area contributed by atoms with Crippen molar-refractivity contribution in [1.29, 1.82) is 0 Å². The number of rotatable bonds is 6. The van der Waals surface area contributed by atoms with Crippen LogP contribution >= 0.6 is 58.4 Å². The Morgan fingerprint density at radius 1 is 0.500 bits per heavy atom. The molecule has 18 heteroatoms. The van der Waals surface area contributed by atoms with Gasteiger partial charge < -0.3 is 42.6 Å². The summed E-state index contributed by atoms with van der Waals surface area (Å²) in [6.45, 7) is 2.48. The molecule has 1 aromatic rings. The van der Waals surface area contributed by atoms with E-state index in [9.17, 15) is 19.2 Å². The molecule has 1 aromatic heterocycles. The van der Waals surface area contributed by atoms with Gasteiger partial charge in [-0.15, -0.1) is 11.3 Å². The lowest BCUT2D eigenvalue weighted by Gasteiger charge is -2.11. The van der Waals surface area contributed by atoms with Crippen LogP contribution in [0, 0.1) is 0 Å². The SMILES string of the molecule is COC(=O)C1=C(C(=O)OC)SC(=Cc2sc(C=C3SC(C(=O)OC)=C(C(=O)OC)S3)c3c2OCCOCCOCCOCCO3)S1. The van der Waals surface area contributed by atoms with Crippen molar-refractivity contribution < 1.29 is 61.8 Å². The molecule has 0 atom stereocenters. The normalized spacial score (nSPS) is 18.0. The number of thioether (sulfide) groups is 4. The van der Waals surface area contributed by atoms with Crippen molar-refractivity contribution in [2.24, 2.45) is 0 Å². The molecule has 0 saturated carbocycles. The average Bonchev–Trinajstić information content (AvgIpc) is 3.77. The van der Waals surface area contributed by atoms with Crippen LogP contribution < -0.4 is 9.47 Å². The zero-order chi connectivity index (χ0) is 33.1. The maximum Gasteiger partial charge on any atom is 0.346 e. The summed E-state index contributed by atoms with van der Waals surface area (Å²) in [6.07, 6.45) is 3.55. The molecule has 0 N–H and O–H groups in total. The molecule has 0 aromatic carbocycles. The van der Waals surface area contributed by atoms with Crippen molar-refractivity contribution in [3.05, 3.63) is 37.8 Å². The lowest BCUT2D eigenvalue weighted by atomic mass is 10.3. The van der Waals surface area contributed by atoms with Crippen LogP contribution in [0.2, 0.25) is 0 Å². The smallest absolute Gasteiger partial charge is 0.346 e. The van der Waals surface area contributed by atoms with Crippen molar-refractivity contribution in [2.45, 2.75) is 0 Å². The van der Waals surface area contributed by atoms with Crippen LogP contribution in [0.4, 0.5) is 0 Å². The van der Waals surface area contributed by atoms with Crippen molar-refractivity contribution in [2.75, 3.05) is 81.3 Å².